The minimum Gasteiger partial charge on any atom is -0.337 e. The van der Waals surface area contributed by atoms with E-state index in [1.807, 2.05) is 42.4 Å². The number of amides is 1. The van der Waals surface area contributed by atoms with E-state index in [9.17, 15) is 4.79 Å². The first kappa shape index (κ1) is 19.5. The highest BCUT2D eigenvalue weighted by Crippen LogP contribution is 2.30. The maximum absolute atomic E-state index is 13.3. The quantitative estimate of drug-likeness (QED) is 0.543. The first-order chi connectivity index (χ1) is 15.6. The molecule has 2 fully saturated rings. The Morgan fingerprint density at radius 1 is 1.22 bits per heavy atom. The molecule has 4 aromatic rings. The second kappa shape index (κ2) is 7.45. The zero-order valence-electron chi connectivity index (χ0n) is 18.6. The molecule has 1 N–H and O–H groups in total. The Morgan fingerprint density at radius 2 is 2.12 bits per heavy atom. The summed E-state index contributed by atoms with van der Waals surface area (Å²) in [4.78, 5) is 24.8. The molecule has 1 amide bonds. The molecule has 1 aromatic carbocycles. The maximum Gasteiger partial charge on any atom is 0.253 e. The maximum atomic E-state index is 13.3. The molecule has 0 spiro atoms. The lowest BCUT2D eigenvalue weighted by Gasteiger charge is -2.35. The Bertz CT molecular complexity index is 1340. The Hall–Kier alpha value is -3.19. The first-order valence-corrected chi connectivity index (χ1v) is 11.6. The van der Waals surface area contributed by atoms with Crippen LogP contribution < -0.4 is 5.32 Å². The van der Waals surface area contributed by atoms with Crippen LogP contribution >= 0.6 is 0 Å². The number of hydrogen-bond donors (Lipinski definition) is 1. The summed E-state index contributed by atoms with van der Waals surface area (Å²) >= 11 is 0. The highest BCUT2D eigenvalue weighted by molar-refractivity contribution is 5.98. The third kappa shape index (κ3) is 2.95. The van der Waals surface area contributed by atoms with Crippen LogP contribution in [0.1, 0.15) is 30.1 Å². The summed E-state index contributed by atoms with van der Waals surface area (Å²) in [5.41, 5.74) is 4.60. The molecule has 0 unspecified atom stereocenters. The van der Waals surface area contributed by atoms with Crippen molar-refractivity contribution in [1.29, 1.82) is 0 Å². The second-order valence-electron chi connectivity index (χ2n) is 9.04. The predicted octanol–water partition coefficient (Wildman–Crippen LogP) is 3.43. The normalized spacial score (nSPS) is 20.9. The Morgan fingerprint density at radius 3 is 3.00 bits per heavy atom. The molecule has 2 saturated heterocycles. The fraction of sp³-hybridized carbons (Fsp3) is 0.400. The van der Waals surface area contributed by atoms with E-state index < -0.39 is 0 Å². The van der Waals surface area contributed by atoms with Crippen molar-refractivity contribution in [1.82, 2.24) is 29.3 Å². The van der Waals surface area contributed by atoms with Crippen LogP contribution in [0, 0.1) is 5.92 Å². The Labute approximate surface area is 187 Å². The molecule has 0 radical (unpaired) electrons. The van der Waals surface area contributed by atoms with Crippen LogP contribution in [0.2, 0.25) is 0 Å². The lowest BCUT2D eigenvalue weighted by atomic mass is 9.92. The van der Waals surface area contributed by atoms with Gasteiger partial charge in [0.25, 0.3) is 5.91 Å². The molecule has 7 nitrogen and oxygen atoms in total. The van der Waals surface area contributed by atoms with Gasteiger partial charge >= 0.3 is 0 Å². The third-order valence-electron chi connectivity index (χ3n) is 7.29. The molecule has 32 heavy (non-hydrogen) atoms. The van der Waals surface area contributed by atoms with Crippen molar-refractivity contribution in [2.75, 3.05) is 19.6 Å². The predicted molar refractivity (Wildman–Crippen MR) is 126 cm³/mol. The molecule has 0 bridgehead atoms. The Kier molecular flexibility index (Phi) is 4.54. The van der Waals surface area contributed by atoms with Crippen molar-refractivity contribution in [2.24, 2.45) is 13.0 Å². The lowest BCUT2D eigenvalue weighted by Crippen LogP contribution is -2.48. The topological polar surface area (TPSA) is 68.0 Å². The van der Waals surface area contributed by atoms with Gasteiger partial charge in [0.15, 0.2) is 5.82 Å². The van der Waals surface area contributed by atoms with E-state index >= 15 is 0 Å². The average molecular weight is 429 g/mol. The van der Waals surface area contributed by atoms with E-state index in [1.165, 1.54) is 6.42 Å². The van der Waals surface area contributed by atoms with E-state index in [1.54, 1.807) is 0 Å². The molecular weight excluding hydrogens is 400 g/mol. The van der Waals surface area contributed by atoms with E-state index in [2.05, 4.69) is 38.5 Å². The van der Waals surface area contributed by atoms with Crippen molar-refractivity contribution in [3.8, 4) is 11.5 Å². The summed E-state index contributed by atoms with van der Waals surface area (Å²) in [7, 11) is 2.04. The van der Waals surface area contributed by atoms with Crippen LogP contribution in [0.4, 0.5) is 0 Å². The molecule has 164 valence electrons. The van der Waals surface area contributed by atoms with Crippen molar-refractivity contribution >= 4 is 28.0 Å². The molecule has 7 heteroatoms. The molecule has 3 aromatic heterocycles. The van der Waals surface area contributed by atoms with Gasteiger partial charge in [0.2, 0.25) is 0 Å². The van der Waals surface area contributed by atoms with Crippen LogP contribution in [0.5, 0.6) is 0 Å². The van der Waals surface area contributed by atoms with Gasteiger partial charge in [0.05, 0.1) is 16.7 Å². The number of carbonyl (C=O) groups excluding carboxylic acids is 1. The number of imidazole rings is 1. The number of piperidine rings is 1. The molecule has 2 aliphatic heterocycles. The number of nitrogens with one attached hydrogen (secondary N) is 1. The summed E-state index contributed by atoms with van der Waals surface area (Å²) in [6.45, 7) is 5.66. The number of carbonyl (C=O) groups is 1. The number of rotatable bonds is 3. The highest BCUT2D eigenvalue weighted by atomic mass is 16.2. The van der Waals surface area contributed by atoms with Gasteiger partial charge in [-0.05, 0) is 68.6 Å². The van der Waals surface area contributed by atoms with E-state index in [-0.39, 0.29) is 5.91 Å². The van der Waals surface area contributed by atoms with Crippen molar-refractivity contribution in [3.05, 3.63) is 48.2 Å². The molecule has 5 heterocycles. The summed E-state index contributed by atoms with van der Waals surface area (Å²) in [5, 5.41) is 4.67. The van der Waals surface area contributed by atoms with Crippen LogP contribution in [0.15, 0.2) is 42.6 Å². The number of nitrogens with zero attached hydrogens (tertiary/aromatic N) is 5. The summed E-state index contributed by atoms with van der Waals surface area (Å²) in [5.74, 6) is 1.72. The van der Waals surface area contributed by atoms with Crippen LogP contribution in [-0.4, -0.2) is 55.6 Å². The number of aromatic nitrogens is 4. The van der Waals surface area contributed by atoms with Gasteiger partial charge in [-0.3, -0.25) is 4.79 Å². The van der Waals surface area contributed by atoms with Gasteiger partial charge in [-0.1, -0.05) is 0 Å². The van der Waals surface area contributed by atoms with Gasteiger partial charge in [-0.2, -0.15) is 0 Å². The molecule has 2 atom stereocenters. The van der Waals surface area contributed by atoms with Crippen molar-refractivity contribution in [3.63, 3.8) is 0 Å². The summed E-state index contributed by atoms with van der Waals surface area (Å²) in [6, 6.07) is 12.6. The van der Waals surface area contributed by atoms with E-state index in [4.69, 9.17) is 4.98 Å². The first-order valence-electron chi connectivity index (χ1n) is 11.6. The highest BCUT2D eigenvalue weighted by Gasteiger charge is 2.34. The van der Waals surface area contributed by atoms with Gasteiger partial charge in [-0.15, -0.1) is 0 Å². The average Bonchev–Trinajstić information content (AvgIpc) is 3.52. The molecule has 0 aliphatic carbocycles. The summed E-state index contributed by atoms with van der Waals surface area (Å²) in [6.07, 6.45) is 4.16. The number of benzene rings is 1. The number of likely N-dealkylation sites (tertiary alicyclic amines) is 1. The Balaban J connectivity index is 1.37. The van der Waals surface area contributed by atoms with Crippen LogP contribution in [0.3, 0.4) is 0 Å². The minimum absolute atomic E-state index is 0.109. The van der Waals surface area contributed by atoms with Gasteiger partial charge in [0, 0.05) is 49.9 Å². The molecule has 0 saturated carbocycles. The van der Waals surface area contributed by atoms with E-state index in [0.717, 1.165) is 77.7 Å². The van der Waals surface area contributed by atoms with Gasteiger partial charge in [0.1, 0.15) is 5.65 Å². The number of fused-ring (bicyclic) bond motifs is 3. The number of aryl methyl sites for hydroxylation is 2. The fourth-order valence-electron chi connectivity index (χ4n) is 5.55. The number of pyridine rings is 1. The monoisotopic (exact) mass is 428 g/mol. The lowest BCUT2D eigenvalue weighted by molar-refractivity contribution is 0.0669. The van der Waals surface area contributed by atoms with Gasteiger partial charge in [-0.25, -0.2) is 9.97 Å². The third-order valence-corrected chi connectivity index (χ3v) is 7.29. The number of hydrogen-bond acceptors (Lipinski definition) is 4. The van der Waals surface area contributed by atoms with Crippen LogP contribution in [-0.2, 0) is 13.6 Å². The zero-order chi connectivity index (χ0) is 21.8. The SMILES string of the molecule is CCn1c(-c2nc3cc(C(=O)N4CC[C@H]5CCN[C@H]5C4)ccc3n2C)cc2cccnc21. The standard InChI is InChI=1S/C25H28N6O/c1-3-31-22(14-17-5-4-10-27-23(17)31)24-28-19-13-18(6-7-21(19)29(24)2)25(32)30-12-9-16-8-11-26-20(16)15-30/h4-7,10,13-14,16,20,26H,3,8-9,11-12,15H2,1-2H3/t16-,20+/m1/s1. The second-order valence-corrected chi connectivity index (χ2v) is 9.04. The van der Waals surface area contributed by atoms with E-state index in [0.29, 0.717) is 6.04 Å². The van der Waals surface area contributed by atoms with Gasteiger partial charge < -0.3 is 19.4 Å². The summed E-state index contributed by atoms with van der Waals surface area (Å²) < 4.78 is 4.30. The molecule has 6 rings (SSSR count). The largest absolute Gasteiger partial charge is 0.337 e. The minimum atomic E-state index is 0.109. The molecule has 2 aliphatic rings. The zero-order valence-corrected chi connectivity index (χ0v) is 18.6. The van der Waals surface area contributed by atoms with Crippen molar-refractivity contribution in [2.45, 2.75) is 32.4 Å². The van der Waals surface area contributed by atoms with Crippen LogP contribution in [0.25, 0.3) is 33.6 Å². The van der Waals surface area contributed by atoms with Crippen molar-refractivity contribution < 1.29 is 4.79 Å². The molecular formula is C25H28N6O. The smallest absolute Gasteiger partial charge is 0.253 e. The fourth-order valence-corrected chi connectivity index (χ4v) is 5.55.